The molecule has 9 heteroatoms. The van der Waals surface area contributed by atoms with Crippen LogP contribution >= 0.6 is 24.0 Å². The molecule has 0 amide bonds. The molecule has 0 radical (unpaired) electrons. The molecular weight excluding hydrogens is 502 g/mol. The minimum Gasteiger partial charge on any atom is -0.491 e. The van der Waals surface area contributed by atoms with Gasteiger partial charge in [0.15, 0.2) is 5.96 Å². The van der Waals surface area contributed by atoms with E-state index in [1.807, 2.05) is 6.92 Å². The molecule has 2 atom stereocenters. The second-order valence-corrected chi connectivity index (χ2v) is 7.67. The normalized spacial score (nSPS) is 18.6. The molecule has 1 aromatic rings. The van der Waals surface area contributed by atoms with E-state index in [9.17, 15) is 9.50 Å². The van der Waals surface area contributed by atoms with Crippen molar-refractivity contribution in [3.8, 4) is 5.75 Å². The molecule has 1 aromatic carbocycles. The van der Waals surface area contributed by atoms with Gasteiger partial charge in [0.1, 0.15) is 24.3 Å². The van der Waals surface area contributed by atoms with Gasteiger partial charge in [0, 0.05) is 32.7 Å². The van der Waals surface area contributed by atoms with Crippen LogP contribution in [0.15, 0.2) is 29.3 Å². The standard InChI is InChI=1S/C21H35FN4O3.HI/c1-4-23-21(25-12-20-14-26(9-10-28-20)13-16(2)3)24-11-18(27)15-29-19-7-5-17(22)6-8-19;/h5-8,16,18,20,27H,4,9-15H2,1-3H3,(H2,23,24,25);1H. The van der Waals surface area contributed by atoms with Gasteiger partial charge in [0.05, 0.1) is 19.3 Å². The molecule has 0 aliphatic carbocycles. The molecule has 1 heterocycles. The fourth-order valence-corrected chi connectivity index (χ4v) is 3.11. The largest absolute Gasteiger partial charge is 0.491 e. The van der Waals surface area contributed by atoms with Crippen LogP contribution < -0.4 is 15.4 Å². The van der Waals surface area contributed by atoms with Crippen LogP contribution in [0.25, 0.3) is 0 Å². The fraction of sp³-hybridized carbons (Fsp3) is 0.667. The molecule has 0 spiro atoms. The van der Waals surface area contributed by atoms with Gasteiger partial charge in [-0.25, -0.2) is 4.39 Å². The predicted molar refractivity (Wildman–Crippen MR) is 128 cm³/mol. The Balaban J connectivity index is 0.00000450. The van der Waals surface area contributed by atoms with E-state index in [-0.39, 0.29) is 49.0 Å². The second kappa shape index (κ2) is 14.8. The Morgan fingerprint density at radius 2 is 2.07 bits per heavy atom. The predicted octanol–water partition coefficient (Wildman–Crippen LogP) is 2.10. The fourth-order valence-electron chi connectivity index (χ4n) is 3.11. The molecule has 1 aliphatic rings. The molecule has 2 rings (SSSR count). The first kappa shape index (κ1) is 26.9. The Hall–Kier alpha value is -1.17. The summed E-state index contributed by atoms with van der Waals surface area (Å²) < 4.78 is 24.2. The van der Waals surface area contributed by atoms with E-state index in [1.54, 1.807) is 0 Å². The maximum Gasteiger partial charge on any atom is 0.191 e. The van der Waals surface area contributed by atoms with Crippen molar-refractivity contribution in [2.75, 3.05) is 52.5 Å². The summed E-state index contributed by atoms with van der Waals surface area (Å²) in [6.45, 7) is 11.8. The zero-order chi connectivity index (χ0) is 21.1. The summed E-state index contributed by atoms with van der Waals surface area (Å²) >= 11 is 0. The van der Waals surface area contributed by atoms with Gasteiger partial charge in [-0.15, -0.1) is 24.0 Å². The lowest BCUT2D eigenvalue weighted by atomic mass is 10.2. The molecule has 30 heavy (non-hydrogen) atoms. The van der Waals surface area contributed by atoms with Crippen LogP contribution in [0, 0.1) is 11.7 Å². The first-order valence-electron chi connectivity index (χ1n) is 10.4. The SMILES string of the molecule is CCNC(=NCC(O)COc1ccc(F)cc1)NCC1CN(CC(C)C)CCO1.I. The van der Waals surface area contributed by atoms with E-state index in [1.165, 1.54) is 24.3 Å². The Labute approximate surface area is 196 Å². The zero-order valence-corrected chi connectivity index (χ0v) is 20.5. The average Bonchev–Trinajstić information content (AvgIpc) is 2.69. The van der Waals surface area contributed by atoms with Crippen LogP contribution in [0.3, 0.4) is 0 Å². The van der Waals surface area contributed by atoms with Gasteiger partial charge in [0.25, 0.3) is 0 Å². The third-order valence-electron chi connectivity index (χ3n) is 4.40. The third kappa shape index (κ3) is 10.7. The summed E-state index contributed by atoms with van der Waals surface area (Å²) in [5, 5.41) is 16.6. The van der Waals surface area contributed by atoms with Crippen LogP contribution in [0.2, 0.25) is 0 Å². The van der Waals surface area contributed by atoms with E-state index < -0.39 is 6.10 Å². The van der Waals surface area contributed by atoms with Crippen molar-refractivity contribution >= 4 is 29.9 Å². The van der Waals surface area contributed by atoms with Crippen LogP contribution in [0.4, 0.5) is 4.39 Å². The van der Waals surface area contributed by atoms with Crippen LogP contribution in [0.1, 0.15) is 20.8 Å². The summed E-state index contributed by atoms with van der Waals surface area (Å²) in [6, 6.07) is 5.71. The molecule has 0 bridgehead atoms. The molecule has 1 saturated heterocycles. The smallest absolute Gasteiger partial charge is 0.191 e. The number of hydrogen-bond acceptors (Lipinski definition) is 5. The molecule has 172 valence electrons. The maximum absolute atomic E-state index is 12.9. The highest BCUT2D eigenvalue weighted by molar-refractivity contribution is 14.0. The number of hydrogen-bond donors (Lipinski definition) is 3. The monoisotopic (exact) mass is 538 g/mol. The van der Waals surface area contributed by atoms with Gasteiger partial charge in [-0.1, -0.05) is 13.8 Å². The molecule has 7 nitrogen and oxygen atoms in total. The number of nitrogens with zero attached hydrogens (tertiary/aromatic N) is 2. The number of benzene rings is 1. The lowest BCUT2D eigenvalue weighted by Crippen LogP contribution is -2.50. The molecule has 3 N–H and O–H groups in total. The maximum atomic E-state index is 12.9. The van der Waals surface area contributed by atoms with Crippen molar-refractivity contribution < 1.29 is 19.0 Å². The van der Waals surface area contributed by atoms with Gasteiger partial charge in [-0.3, -0.25) is 9.89 Å². The van der Waals surface area contributed by atoms with Crippen molar-refractivity contribution in [3.05, 3.63) is 30.1 Å². The number of ether oxygens (including phenoxy) is 2. The number of halogens is 2. The number of morpholine rings is 1. The molecule has 0 aromatic heterocycles. The molecule has 1 aliphatic heterocycles. The minimum atomic E-state index is -0.761. The van der Waals surface area contributed by atoms with Gasteiger partial charge >= 0.3 is 0 Å². The van der Waals surface area contributed by atoms with Crippen molar-refractivity contribution in [2.45, 2.75) is 33.0 Å². The lowest BCUT2D eigenvalue weighted by molar-refractivity contribution is -0.0284. The average molecular weight is 538 g/mol. The highest BCUT2D eigenvalue weighted by Crippen LogP contribution is 2.11. The molecule has 2 unspecified atom stereocenters. The van der Waals surface area contributed by atoms with E-state index in [0.717, 1.165) is 32.8 Å². The number of nitrogens with one attached hydrogen (secondary N) is 2. The highest BCUT2D eigenvalue weighted by Gasteiger charge is 2.21. The summed E-state index contributed by atoms with van der Waals surface area (Å²) in [7, 11) is 0. The lowest BCUT2D eigenvalue weighted by Gasteiger charge is -2.34. The zero-order valence-electron chi connectivity index (χ0n) is 18.1. The van der Waals surface area contributed by atoms with Crippen molar-refractivity contribution in [3.63, 3.8) is 0 Å². The number of aliphatic hydroxyl groups is 1. The Kier molecular flexibility index (Phi) is 13.2. The molecule has 1 fully saturated rings. The van der Waals surface area contributed by atoms with Crippen LogP contribution in [-0.2, 0) is 4.74 Å². The molecule has 0 saturated carbocycles. The van der Waals surface area contributed by atoms with E-state index in [2.05, 4.69) is 34.4 Å². The third-order valence-corrected chi connectivity index (χ3v) is 4.40. The Bertz CT molecular complexity index is 619. The van der Waals surface area contributed by atoms with Gasteiger partial charge in [-0.05, 0) is 37.1 Å². The topological polar surface area (TPSA) is 78.4 Å². The van der Waals surface area contributed by atoms with E-state index >= 15 is 0 Å². The first-order chi connectivity index (χ1) is 14.0. The summed E-state index contributed by atoms with van der Waals surface area (Å²) in [4.78, 5) is 6.86. The quantitative estimate of drug-likeness (QED) is 0.241. The van der Waals surface area contributed by atoms with E-state index in [4.69, 9.17) is 9.47 Å². The summed E-state index contributed by atoms with van der Waals surface area (Å²) in [6.07, 6.45) is -0.652. The van der Waals surface area contributed by atoms with Gasteiger partial charge < -0.3 is 25.2 Å². The number of aliphatic imine (C=N–C) groups is 1. The highest BCUT2D eigenvalue weighted by atomic mass is 127. The second-order valence-electron chi connectivity index (χ2n) is 7.67. The number of rotatable bonds is 10. The Morgan fingerprint density at radius 3 is 2.73 bits per heavy atom. The van der Waals surface area contributed by atoms with Crippen LogP contribution in [-0.4, -0.2) is 80.7 Å². The number of aliphatic hydroxyl groups excluding tert-OH is 1. The summed E-state index contributed by atoms with van der Waals surface area (Å²) in [5.74, 6) is 1.47. The first-order valence-corrected chi connectivity index (χ1v) is 10.4. The molecular formula is C21H36FIN4O3. The van der Waals surface area contributed by atoms with Crippen molar-refractivity contribution in [1.82, 2.24) is 15.5 Å². The van der Waals surface area contributed by atoms with Crippen LogP contribution in [0.5, 0.6) is 5.75 Å². The van der Waals surface area contributed by atoms with Gasteiger partial charge in [0.2, 0.25) is 0 Å². The Morgan fingerprint density at radius 1 is 1.33 bits per heavy atom. The minimum absolute atomic E-state index is 0. The van der Waals surface area contributed by atoms with E-state index in [0.29, 0.717) is 24.2 Å². The van der Waals surface area contributed by atoms with Gasteiger partial charge in [-0.2, -0.15) is 0 Å². The van der Waals surface area contributed by atoms with Crippen molar-refractivity contribution in [1.29, 1.82) is 0 Å². The van der Waals surface area contributed by atoms with Crippen molar-refractivity contribution in [2.24, 2.45) is 10.9 Å². The number of guanidine groups is 1. The summed E-state index contributed by atoms with van der Waals surface area (Å²) in [5.41, 5.74) is 0.